The van der Waals surface area contributed by atoms with Crippen LogP contribution < -0.4 is 15.8 Å². The van der Waals surface area contributed by atoms with Crippen molar-refractivity contribution in [2.75, 3.05) is 25.7 Å². The Labute approximate surface area is 146 Å². The van der Waals surface area contributed by atoms with E-state index in [1.165, 1.54) is 7.11 Å². The number of nitrogens with one attached hydrogen (secondary N) is 1. The van der Waals surface area contributed by atoms with Crippen LogP contribution in [0, 0.1) is 0 Å². The normalized spacial score (nSPS) is 11.1. The van der Waals surface area contributed by atoms with Crippen molar-refractivity contribution in [3.05, 3.63) is 29.8 Å². The van der Waals surface area contributed by atoms with Crippen molar-refractivity contribution in [2.45, 2.75) is 19.0 Å². The van der Waals surface area contributed by atoms with Gasteiger partial charge < -0.3 is 20.5 Å². The van der Waals surface area contributed by atoms with Gasteiger partial charge in [-0.05, 0) is 36.1 Å². The number of amides is 1. The number of hydrogen-bond acceptors (Lipinski definition) is 6. The zero-order valence-electron chi connectivity index (χ0n) is 13.2. The molecule has 0 heterocycles. The molecule has 0 aromatic heterocycles. The topological polar surface area (TPSA) is 90.6 Å². The van der Waals surface area contributed by atoms with Crippen molar-refractivity contribution in [1.82, 2.24) is 5.32 Å². The number of benzene rings is 1. The van der Waals surface area contributed by atoms with E-state index in [4.69, 9.17) is 10.5 Å². The first kappa shape index (κ1) is 21.6. The molecule has 1 aromatic rings. The van der Waals surface area contributed by atoms with Crippen molar-refractivity contribution in [1.29, 1.82) is 0 Å². The van der Waals surface area contributed by atoms with Gasteiger partial charge in [-0.2, -0.15) is 11.8 Å². The number of ether oxygens (including phenoxy) is 2. The van der Waals surface area contributed by atoms with Crippen molar-refractivity contribution in [3.63, 3.8) is 0 Å². The fraction of sp³-hybridized carbons (Fsp3) is 0.467. The third-order valence-corrected chi connectivity index (χ3v) is 3.56. The molecule has 0 spiro atoms. The molecule has 0 saturated carbocycles. The van der Waals surface area contributed by atoms with E-state index in [0.29, 0.717) is 18.7 Å². The van der Waals surface area contributed by atoms with Crippen LogP contribution in [0.1, 0.15) is 12.0 Å². The largest absolute Gasteiger partial charge is 0.482 e. The lowest BCUT2D eigenvalue weighted by molar-refractivity contribution is -0.142. The van der Waals surface area contributed by atoms with Gasteiger partial charge in [0.2, 0.25) is 5.91 Å². The van der Waals surface area contributed by atoms with E-state index in [9.17, 15) is 9.59 Å². The van der Waals surface area contributed by atoms with Crippen LogP contribution in [0.4, 0.5) is 0 Å². The maximum absolute atomic E-state index is 11.8. The van der Waals surface area contributed by atoms with Gasteiger partial charge >= 0.3 is 5.97 Å². The van der Waals surface area contributed by atoms with Crippen LogP contribution in [-0.4, -0.2) is 43.6 Å². The molecule has 8 heteroatoms. The summed E-state index contributed by atoms with van der Waals surface area (Å²) in [6.45, 7) is 0.215. The lowest BCUT2D eigenvalue weighted by Crippen LogP contribution is -2.40. The Morgan fingerprint density at radius 3 is 2.78 bits per heavy atom. The van der Waals surface area contributed by atoms with Gasteiger partial charge in [0.1, 0.15) is 5.75 Å². The Balaban J connectivity index is 0.00000484. The number of carbonyl (C=O) groups is 2. The molecule has 6 nitrogen and oxygen atoms in total. The number of rotatable bonds is 9. The highest BCUT2D eigenvalue weighted by Gasteiger charge is 2.12. The van der Waals surface area contributed by atoms with E-state index >= 15 is 0 Å². The van der Waals surface area contributed by atoms with Gasteiger partial charge in [-0.1, -0.05) is 12.1 Å². The summed E-state index contributed by atoms with van der Waals surface area (Å²) < 4.78 is 9.80. The summed E-state index contributed by atoms with van der Waals surface area (Å²) >= 11 is 1.66. The van der Waals surface area contributed by atoms with Gasteiger partial charge in [-0.25, -0.2) is 4.79 Å². The van der Waals surface area contributed by atoms with Crippen LogP contribution in [0.5, 0.6) is 5.75 Å². The average molecular weight is 363 g/mol. The molecular formula is C15H23ClN2O4S. The second-order valence-electron chi connectivity index (χ2n) is 4.62. The monoisotopic (exact) mass is 362 g/mol. The van der Waals surface area contributed by atoms with E-state index in [1.807, 2.05) is 12.3 Å². The first-order valence-corrected chi connectivity index (χ1v) is 8.27. The molecule has 0 aliphatic carbocycles. The van der Waals surface area contributed by atoms with E-state index in [-0.39, 0.29) is 24.9 Å². The molecule has 130 valence electrons. The molecule has 3 N–H and O–H groups in total. The van der Waals surface area contributed by atoms with Gasteiger partial charge in [0.15, 0.2) is 6.61 Å². The summed E-state index contributed by atoms with van der Waals surface area (Å²) in [6, 6.07) is 6.65. The lowest BCUT2D eigenvalue weighted by Gasteiger charge is -2.12. The SMILES string of the molecule is COC(=O)COc1cccc(CNC(=O)[C@@H](N)CCSC)c1.Cl. The number of methoxy groups -OCH3 is 1. The van der Waals surface area contributed by atoms with Gasteiger partial charge in [0.05, 0.1) is 13.2 Å². The Morgan fingerprint density at radius 2 is 2.13 bits per heavy atom. The molecule has 1 aromatic carbocycles. The fourth-order valence-electron chi connectivity index (χ4n) is 1.64. The smallest absolute Gasteiger partial charge is 0.343 e. The van der Waals surface area contributed by atoms with E-state index in [2.05, 4.69) is 10.1 Å². The molecule has 0 radical (unpaired) electrons. The summed E-state index contributed by atoms with van der Waals surface area (Å²) in [5.74, 6) is 0.781. The molecule has 0 fully saturated rings. The standard InChI is InChI=1S/C15H22N2O4S.ClH/c1-20-14(18)10-21-12-5-3-4-11(8-12)9-17-15(19)13(16)6-7-22-2;/h3-5,8,13H,6-7,9-10,16H2,1-2H3,(H,17,19);1H/t13-;/m0./s1. The number of thioether (sulfide) groups is 1. The zero-order valence-corrected chi connectivity index (χ0v) is 14.9. The highest BCUT2D eigenvalue weighted by atomic mass is 35.5. The number of halogens is 1. The fourth-order valence-corrected chi connectivity index (χ4v) is 2.13. The number of esters is 1. The molecule has 0 bridgehead atoms. The zero-order chi connectivity index (χ0) is 16.4. The van der Waals surface area contributed by atoms with Gasteiger partial charge in [0.25, 0.3) is 0 Å². The predicted molar refractivity (Wildman–Crippen MR) is 94.0 cm³/mol. The van der Waals surface area contributed by atoms with Crippen molar-refractivity contribution in [3.8, 4) is 5.75 Å². The summed E-state index contributed by atoms with van der Waals surface area (Å²) in [5, 5.41) is 2.79. The van der Waals surface area contributed by atoms with Crippen LogP contribution in [0.3, 0.4) is 0 Å². The highest BCUT2D eigenvalue weighted by Crippen LogP contribution is 2.13. The molecule has 23 heavy (non-hydrogen) atoms. The van der Waals surface area contributed by atoms with Crippen molar-refractivity contribution >= 4 is 36.0 Å². The highest BCUT2D eigenvalue weighted by molar-refractivity contribution is 7.98. The van der Waals surface area contributed by atoms with Crippen LogP contribution in [0.15, 0.2) is 24.3 Å². The maximum atomic E-state index is 11.8. The van der Waals surface area contributed by atoms with E-state index in [1.54, 1.807) is 30.0 Å². The summed E-state index contributed by atoms with van der Waals surface area (Å²) in [4.78, 5) is 22.8. The summed E-state index contributed by atoms with van der Waals surface area (Å²) in [7, 11) is 1.30. The molecule has 1 rings (SSSR count). The third-order valence-electron chi connectivity index (χ3n) is 2.92. The summed E-state index contributed by atoms with van der Waals surface area (Å²) in [5.41, 5.74) is 6.66. The predicted octanol–water partition coefficient (Wildman–Crippen LogP) is 1.36. The molecular weight excluding hydrogens is 340 g/mol. The van der Waals surface area contributed by atoms with E-state index in [0.717, 1.165) is 11.3 Å². The molecule has 1 atom stereocenters. The van der Waals surface area contributed by atoms with Gasteiger partial charge in [0, 0.05) is 6.54 Å². The Kier molecular flexibility index (Phi) is 11.3. The van der Waals surface area contributed by atoms with Crippen molar-refractivity contribution < 1.29 is 19.1 Å². The molecule has 0 unspecified atom stereocenters. The maximum Gasteiger partial charge on any atom is 0.343 e. The first-order chi connectivity index (χ1) is 10.6. The van der Waals surface area contributed by atoms with Crippen molar-refractivity contribution in [2.24, 2.45) is 5.73 Å². The Morgan fingerprint density at radius 1 is 1.39 bits per heavy atom. The minimum absolute atomic E-state index is 0. The molecule has 0 aliphatic heterocycles. The average Bonchev–Trinajstić information content (AvgIpc) is 2.55. The first-order valence-electron chi connectivity index (χ1n) is 6.87. The number of carbonyl (C=O) groups excluding carboxylic acids is 2. The van der Waals surface area contributed by atoms with Gasteiger partial charge in [-0.15, -0.1) is 12.4 Å². The summed E-state index contributed by atoms with van der Waals surface area (Å²) in [6.07, 6.45) is 2.62. The second kappa shape index (κ2) is 12.0. The van der Waals surface area contributed by atoms with Crippen LogP contribution in [0.2, 0.25) is 0 Å². The Hall–Kier alpha value is -1.44. The van der Waals surface area contributed by atoms with Crippen LogP contribution in [0.25, 0.3) is 0 Å². The third kappa shape index (κ3) is 8.68. The lowest BCUT2D eigenvalue weighted by atomic mass is 10.2. The number of hydrogen-bond donors (Lipinski definition) is 2. The van der Waals surface area contributed by atoms with Crippen LogP contribution in [-0.2, 0) is 20.9 Å². The van der Waals surface area contributed by atoms with E-state index < -0.39 is 12.0 Å². The molecule has 0 aliphatic rings. The number of nitrogens with two attached hydrogens (primary N) is 1. The minimum atomic E-state index is -0.494. The quantitative estimate of drug-likeness (QED) is 0.644. The minimum Gasteiger partial charge on any atom is -0.482 e. The van der Waals surface area contributed by atoms with Crippen LogP contribution >= 0.6 is 24.2 Å². The Bertz CT molecular complexity index is 502. The van der Waals surface area contributed by atoms with Gasteiger partial charge in [-0.3, -0.25) is 4.79 Å². The molecule has 0 saturated heterocycles. The molecule has 1 amide bonds. The second-order valence-corrected chi connectivity index (χ2v) is 5.60.